The Morgan fingerprint density at radius 2 is 1.61 bits per heavy atom. The lowest BCUT2D eigenvalue weighted by Gasteiger charge is -2.14. The highest BCUT2D eigenvalue weighted by Gasteiger charge is 2.18. The van der Waals surface area contributed by atoms with Gasteiger partial charge in [0.1, 0.15) is 11.4 Å². The number of nitrogens with zero attached hydrogens (tertiary/aromatic N) is 2. The smallest absolute Gasteiger partial charge is 0.259 e. The number of aromatic nitrogens is 2. The summed E-state index contributed by atoms with van der Waals surface area (Å²) in [6.07, 6.45) is 3.97. The Labute approximate surface area is 180 Å². The first-order valence-corrected chi connectivity index (χ1v) is 9.70. The summed E-state index contributed by atoms with van der Waals surface area (Å²) in [6, 6.07) is 14.8. The molecule has 7 nitrogen and oxygen atoms in total. The SMILES string of the molecule is COc1cc(OC)c(C(=O)Nc2ccc(-c3cn4cccc(C)c4n3)cc2)cc1OC. The minimum absolute atomic E-state index is 0.311. The van der Waals surface area contributed by atoms with Gasteiger partial charge in [-0.1, -0.05) is 18.2 Å². The van der Waals surface area contributed by atoms with E-state index in [9.17, 15) is 4.79 Å². The Morgan fingerprint density at radius 1 is 0.935 bits per heavy atom. The second kappa shape index (κ2) is 8.39. The molecule has 0 unspecified atom stereocenters. The van der Waals surface area contributed by atoms with Gasteiger partial charge in [0.15, 0.2) is 11.5 Å². The number of amides is 1. The summed E-state index contributed by atoms with van der Waals surface area (Å²) in [5.41, 5.74) is 4.88. The summed E-state index contributed by atoms with van der Waals surface area (Å²) in [7, 11) is 4.55. The van der Waals surface area contributed by atoms with Gasteiger partial charge in [-0.15, -0.1) is 0 Å². The van der Waals surface area contributed by atoms with Crippen molar-refractivity contribution >= 4 is 17.2 Å². The predicted octanol–water partition coefficient (Wildman–Crippen LogP) is 4.59. The number of fused-ring (bicyclic) bond motifs is 1. The van der Waals surface area contributed by atoms with Crippen molar-refractivity contribution in [1.29, 1.82) is 0 Å². The number of aryl methyl sites for hydroxylation is 1. The number of hydrogen-bond acceptors (Lipinski definition) is 5. The summed E-state index contributed by atoms with van der Waals surface area (Å²) in [5.74, 6) is 1.02. The van der Waals surface area contributed by atoms with Gasteiger partial charge in [0.05, 0.1) is 32.6 Å². The van der Waals surface area contributed by atoms with Gasteiger partial charge < -0.3 is 23.9 Å². The standard InChI is InChI=1S/C24H23N3O4/c1-15-6-5-11-27-14-19(26-23(15)27)16-7-9-17(10-8-16)25-24(28)18-12-21(30-3)22(31-4)13-20(18)29-2/h5-14H,1-4H3,(H,25,28). The van der Waals surface area contributed by atoms with Gasteiger partial charge >= 0.3 is 0 Å². The molecular formula is C24H23N3O4. The van der Waals surface area contributed by atoms with Crippen LogP contribution < -0.4 is 19.5 Å². The number of pyridine rings is 1. The monoisotopic (exact) mass is 417 g/mol. The average molecular weight is 417 g/mol. The molecule has 2 aromatic carbocycles. The first-order chi connectivity index (χ1) is 15.0. The zero-order chi connectivity index (χ0) is 22.0. The third-order valence-electron chi connectivity index (χ3n) is 5.07. The molecule has 0 radical (unpaired) electrons. The van der Waals surface area contributed by atoms with Gasteiger partial charge in [-0.3, -0.25) is 4.79 Å². The normalized spacial score (nSPS) is 10.7. The number of hydrogen-bond donors (Lipinski definition) is 1. The van der Waals surface area contributed by atoms with E-state index in [-0.39, 0.29) is 5.91 Å². The van der Waals surface area contributed by atoms with Crippen LogP contribution in [0.3, 0.4) is 0 Å². The number of carbonyl (C=O) groups is 1. The molecule has 0 fully saturated rings. The van der Waals surface area contributed by atoms with Gasteiger partial charge in [-0.05, 0) is 30.7 Å². The van der Waals surface area contributed by atoms with Crippen LogP contribution in [-0.4, -0.2) is 36.6 Å². The predicted molar refractivity (Wildman–Crippen MR) is 119 cm³/mol. The third kappa shape index (κ3) is 3.90. The topological polar surface area (TPSA) is 74.1 Å². The molecule has 0 bridgehead atoms. The van der Waals surface area contributed by atoms with Gasteiger partial charge in [0, 0.05) is 35.8 Å². The van der Waals surface area contributed by atoms with Crippen molar-refractivity contribution in [2.45, 2.75) is 6.92 Å². The second-order valence-corrected chi connectivity index (χ2v) is 6.99. The van der Waals surface area contributed by atoms with Crippen LogP contribution in [0.25, 0.3) is 16.9 Å². The molecule has 0 spiro atoms. The molecule has 2 heterocycles. The lowest BCUT2D eigenvalue weighted by molar-refractivity contribution is 0.102. The van der Waals surface area contributed by atoms with E-state index < -0.39 is 0 Å². The highest BCUT2D eigenvalue weighted by molar-refractivity contribution is 6.06. The zero-order valence-electron chi connectivity index (χ0n) is 17.8. The Kier molecular flexibility index (Phi) is 5.49. The molecule has 2 aromatic heterocycles. The minimum Gasteiger partial charge on any atom is -0.496 e. The molecule has 0 saturated heterocycles. The summed E-state index contributed by atoms with van der Waals surface area (Å²) in [6.45, 7) is 2.03. The van der Waals surface area contributed by atoms with E-state index in [0.717, 1.165) is 22.5 Å². The maximum atomic E-state index is 12.9. The fourth-order valence-corrected chi connectivity index (χ4v) is 3.42. The van der Waals surface area contributed by atoms with Crippen molar-refractivity contribution in [3.05, 3.63) is 72.1 Å². The van der Waals surface area contributed by atoms with Gasteiger partial charge in [0.2, 0.25) is 0 Å². The number of anilines is 1. The zero-order valence-corrected chi connectivity index (χ0v) is 17.8. The lowest BCUT2D eigenvalue weighted by atomic mass is 10.1. The summed E-state index contributed by atoms with van der Waals surface area (Å²) >= 11 is 0. The van der Waals surface area contributed by atoms with E-state index in [1.165, 1.54) is 21.3 Å². The Balaban J connectivity index is 1.57. The Morgan fingerprint density at radius 3 is 2.26 bits per heavy atom. The number of benzene rings is 2. The lowest BCUT2D eigenvalue weighted by Crippen LogP contribution is -2.13. The van der Waals surface area contributed by atoms with Gasteiger partial charge in [0.25, 0.3) is 5.91 Å². The first kappa shape index (κ1) is 20.3. The largest absolute Gasteiger partial charge is 0.496 e. The molecule has 4 aromatic rings. The van der Waals surface area contributed by atoms with Crippen LogP contribution in [-0.2, 0) is 0 Å². The quantitative estimate of drug-likeness (QED) is 0.497. The van der Waals surface area contributed by atoms with Crippen LogP contribution in [0.4, 0.5) is 5.69 Å². The highest BCUT2D eigenvalue weighted by Crippen LogP contribution is 2.35. The van der Waals surface area contributed by atoms with Crippen LogP contribution in [0, 0.1) is 6.92 Å². The maximum Gasteiger partial charge on any atom is 0.259 e. The second-order valence-electron chi connectivity index (χ2n) is 6.99. The fraction of sp³-hybridized carbons (Fsp3) is 0.167. The summed E-state index contributed by atoms with van der Waals surface area (Å²) in [4.78, 5) is 17.6. The maximum absolute atomic E-state index is 12.9. The number of methoxy groups -OCH3 is 3. The highest BCUT2D eigenvalue weighted by atomic mass is 16.5. The van der Waals surface area contributed by atoms with Crippen LogP contribution in [0.5, 0.6) is 17.2 Å². The van der Waals surface area contributed by atoms with E-state index in [2.05, 4.69) is 5.32 Å². The number of ether oxygens (including phenoxy) is 3. The van der Waals surface area contributed by atoms with Gasteiger partial charge in [-0.25, -0.2) is 4.98 Å². The average Bonchev–Trinajstić information content (AvgIpc) is 3.24. The molecule has 0 aliphatic heterocycles. The van der Waals surface area contributed by atoms with E-state index in [1.807, 2.05) is 60.1 Å². The van der Waals surface area contributed by atoms with Crippen molar-refractivity contribution in [2.24, 2.45) is 0 Å². The molecule has 1 amide bonds. The van der Waals surface area contributed by atoms with Crippen molar-refractivity contribution in [1.82, 2.24) is 9.38 Å². The molecule has 0 saturated carbocycles. The van der Waals surface area contributed by atoms with Crippen molar-refractivity contribution in [3.8, 4) is 28.5 Å². The molecule has 0 aliphatic carbocycles. The van der Waals surface area contributed by atoms with E-state index >= 15 is 0 Å². The van der Waals surface area contributed by atoms with Crippen LogP contribution in [0.1, 0.15) is 15.9 Å². The van der Waals surface area contributed by atoms with E-state index in [1.54, 1.807) is 12.1 Å². The Bertz CT molecular complexity index is 1250. The van der Waals surface area contributed by atoms with Crippen molar-refractivity contribution in [2.75, 3.05) is 26.6 Å². The van der Waals surface area contributed by atoms with E-state index in [0.29, 0.717) is 28.5 Å². The molecule has 158 valence electrons. The Hall–Kier alpha value is -4.00. The number of nitrogens with one attached hydrogen (secondary N) is 1. The molecule has 7 heteroatoms. The number of imidazole rings is 1. The third-order valence-corrected chi connectivity index (χ3v) is 5.07. The minimum atomic E-state index is -0.311. The van der Waals surface area contributed by atoms with Crippen LogP contribution >= 0.6 is 0 Å². The number of carbonyl (C=O) groups excluding carboxylic acids is 1. The number of rotatable bonds is 6. The fourth-order valence-electron chi connectivity index (χ4n) is 3.42. The van der Waals surface area contributed by atoms with Crippen molar-refractivity contribution < 1.29 is 19.0 Å². The molecule has 0 aliphatic rings. The molecule has 4 rings (SSSR count). The van der Waals surface area contributed by atoms with E-state index in [4.69, 9.17) is 19.2 Å². The van der Waals surface area contributed by atoms with Gasteiger partial charge in [-0.2, -0.15) is 0 Å². The molecule has 0 atom stereocenters. The van der Waals surface area contributed by atoms with Crippen molar-refractivity contribution in [3.63, 3.8) is 0 Å². The first-order valence-electron chi connectivity index (χ1n) is 9.70. The van der Waals surface area contributed by atoms with Crippen LogP contribution in [0.2, 0.25) is 0 Å². The van der Waals surface area contributed by atoms with Crippen LogP contribution in [0.15, 0.2) is 60.9 Å². The molecular weight excluding hydrogens is 394 g/mol. The summed E-state index contributed by atoms with van der Waals surface area (Å²) in [5, 5.41) is 2.90. The molecule has 31 heavy (non-hydrogen) atoms. The summed E-state index contributed by atoms with van der Waals surface area (Å²) < 4.78 is 17.9. The molecule has 1 N–H and O–H groups in total.